The number of sulfonamides is 1. The molecule has 1 aromatic carbocycles. The van der Waals surface area contributed by atoms with Crippen molar-refractivity contribution in [2.24, 2.45) is 0 Å². The molecular weight excluding hydrogens is 364 g/mol. The number of furan rings is 1. The number of non-ortho nitro benzene ring substituents is 1. The van der Waals surface area contributed by atoms with Gasteiger partial charge in [-0.2, -0.15) is 9.29 Å². The summed E-state index contributed by atoms with van der Waals surface area (Å²) >= 11 is 0. The molecule has 0 amide bonds. The van der Waals surface area contributed by atoms with Crippen LogP contribution < -0.4 is 0 Å². The van der Waals surface area contributed by atoms with Crippen molar-refractivity contribution in [3.63, 3.8) is 0 Å². The van der Waals surface area contributed by atoms with Crippen LogP contribution in [0.1, 0.15) is 11.8 Å². The Balaban J connectivity index is 1.46. The van der Waals surface area contributed by atoms with E-state index in [0.29, 0.717) is 17.5 Å². The van der Waals surface area contributed by atoms with Gasteiger partial charge in [0.05, 0.1) is 22.0 Å². The lowest BCUT2D eigenvalue weighted by Crippen LogP contribution is -2.48. The van der Waals surface area contributed by atoms with Crippen molar-refractivity contribution in [3.8, 4) is 11.6 Å². The van der Waals surface area contributed by atoms with Gasteiger partial charge < -0.3 is 8.94 Å². The molecule has 3 heterocycles. The summed E-state index contributed by atoms with van der Waals surface area (Å²) in [6, 6.07) is 8.18. The molecule has 3 aromatic rings. The van der Waals surface area contributed by atoms with Crippen LogP contribution in [0.15, 0.2) is 56.5 Å². The standard InChI is InChI=1S/C15H12N4O6S/c20-19(21)11-3-5-12(6-4-11)26(22,23)18-8-10(9-18)15-16-14(17-25-15)13-2-1-7-24-13/h1-7,10H,8-9H2. The molecule has 4 rings (SSSR count). The number of nitro groups is 1. The van der Waals surface area contributed by atoms with E-state index >= 15 is 0 Å². The largest absolute Gasteiger partial charge is 0.461 e. The van der Waals surface area contributed by atoms with E-state index in [0.717, 1.165) is 12.1 Å². The SMILES string of the molecule is O=[N+]([O-])c1ccc(S(=O)(=O)N2CC(c3nc(-c4ccco4)no3)C2)cc1. The Hall–Kier alpha value is -3.05. The fraction of sp³-hybridized carbons (Fsp3) is 0.200. The van der Waals surface area contributed by atoms with Crippen molar-refractivity contribution >= 4 is 15.7 Å². The lowest BCUT2D eigenvalue weighted by molar-refractivity contribution is -0.384. The van der Waals surface area contributed by atoms with E-state index in [1.54, 1.807) is 12.1 Å². The molecule has 1 aliphatic heterocycles. The first-order valence-corrected chi connectivity index (χ1v) is 9.01. The Morgan fingerprint density at radius 3 is 2.54 bits per heavy atom. The number of nitro benzene ring substituents is 1. The average Bonchev–Trinajstić information content (AvgIpc) is 3.24. The second-order valence-corrected chi connectivity index (χ2v) is 7.64. The topological polar surface area (TPSA) is 133 Å². The monoisotopic (exact) mass is 376 g/mol. The third-order valence-corrected chi connectivity index (χ3v) is 5.91. The van der Waals surface area contributed by atoms with Crippen molar-refractivity contribution in [2.45, 2.75) is 10.8 Å². The lowest BCUT2D eigenvalue weighted by atomic mass is 10.0. The first-order valence-electron chi connectivity index (χ1n) is 7.57. The van der Waals surface area contributed by atoms with Crippen molar-refractivity contribution in [3.05, 3.63) is 58.7 Å². The van der Waals surface area contributed by atoms with Crippen LogP contribution in [0.25, 0.3) is 11.6 Å². The average molecular weight is 376 g/mol. The molecule has 26 heavy (non-hydrogen) atoms. The normalized spacial score (nSPS) is 15.7. The fourth-order valence-corrected chi connectivity index (χ4v) is 4.12. The predicted octanol–water partition coefficient (Wildman–Crippen LogP) is 2.03. The van der Waals surface area contributed by atoms with Gasteiger partial charge in [-0.25, -0.2) is 8.42 Å². The molecule has 11 heteroatoms. The van der Waals surface area contributed by atoms with Crippen LogP contribution in [0.4, 0.5) is 5.69 Å². The molecule has 1 aliphatic rings. The Morgan fingerprint density at radius 2 is 1.92 bits per heavy atom. The second-order valence-electron chi connectivity index (χ2n) is 5.70. The fourth-order valence-electron chi connectivity index (χ4n) is 2.59. The Kier molecular flexibility index (Phi) is 3.81. The van der Waals surface area contributed by atoms with Crippen LogP contribution in [0.2, 0.25) is 0 Å². The first-order chi connectivity index (χ1) is 12.4. The van der Waals surface area contributed by atoms with Crippen molar-refractivity contribution in [2.75, 3.05) is 13.1 Å². The van der Waals surface area contributed by atoms with Crippen molar-refractivity contribution < 1.29 is 22.3 Å². The van der Waals surface area contributed by atoms with E-state index in [2.05, 4.69) is 10.1 Å². The molecule has 0 spiro atoms. The molecule has 134 valence electrons. The number of hydrogen-bond donors (Lipinski definition) is 0. The zero-order chi connectivity index (χ0) is 18.3. The molecule has 10 nitrogen and oxygen atoms in total. The third-order valence-electron chi connectivity index (χ3n) is 4.07. The van der Waals surface area contributed by atoms with Crippen LogP contribution in [0.3, 0.4) is 0 Å². The van der Waals surface area contributed by atoms with Gasteiger partial charge in [-0.15, -0.1) is 0 Å². The van der Waals surface area contributed by atoms with Gasteiger partial charge in [-0.05, 0) is 24.3 Å². The predicted molar refractivity (Wildman–Crippen MR) is 86.6 cm³/mol. The highest BCUT2D eigenvalue weighted by molar-refractivity contribution is 7.89. The Morgan fingerprint density at radius 1 is 1.19 bits per heavy atom. The van der Waals surface area contributed by atoms with E-state index in [4.69, 9.17) is 8.94 Å². The molecule has 2 aromatic heterocycles. The van der Waals surface area contributed by atoms with Gasteiger partial charge in [0.2, 0.25) is 21.7 Å². The minimum absolute atomic E-state index is 0.00311. The summed E-state index contributed by atoms with van der Waals surface area (Å²) in [7, 11) is -3.72. The number of nitrogens with zero attached hydrogens (tertiary/aromatic N) is 4. The molecule has 0 aliphatic carbocycles. The number of aromatic nitrogens is 2. The van der Waals surface area contributed by atoms with Crippen LogP contribution in [0, 0.1) is 10.1 Å². The molecule has 0 saturated carbocycles. The van der Waals surface area contributed by atoms with E-state index in [9.17, 15) is 18.5 Å². The van der Waals surface area contributed by atoms with Gasteiger partial charge in [0.15, 0.2) is 5.76 Å². The molecule has 0 atom stereocenters. The number of rotatable bonds is 5. The summed E-state index contributed by atoms with van der Waals surface area (Å²) in [5.41, 5.74) is -0.165. The molecule has 0 unspecified atom stereocenters. The number of benzene rings is 1. The highest BCUT2D eigenvalue weighted by Crippen LogP contribution is 2.32. The van der Waals surface area contributed by atoms with Gasteiger partial charge in [0, 0.05) is 25.2 Å². The van der Waals surface area contributed by atoms with Crippen LogP contribution in [0.5, 0.6) is 0 Å². The maximum atomic E-state index is 12.5. The summed E-state index contributed by atoms with van der Waals surface area (Å²) in [5, 5.41) is 14.5. The summed E-state index contributed by atoms with van der Waals surface area (Å²) in [5.74, 6) is 0.905. The van der Waals surface area contributed by atoms with Crippen LogP contribution in [-0.4, -0.2) is 40.9 Å². The minimum Gasteiger partial charge on any atom is -0.461 e. The maximum absolute atomic E-state index is 12.5. The zero-order valence-electron chi connectivity index (χ0n) is 13.2. The third kappa shape index (κ3) is 2.76. The van der Waals surface area contributed by atoms with Crippen LogP contribution in [-0.2, 0) is 10.0 Å². The second kappa shape index (κ2) is 6.04. The highest BCUT2D eigenvalue weighted by atomic mass is 32.2. The quantitative estimate of drug-likeness (QED) is 0.488. The van der Waals surface area contributed by atoms with E-state index in [-0.39, 0.29) is 29.6 Å². The summed E-state index contributed by atoms with van der Waals surface area (Å²) in [4.78, 5) is 14.3. The van der Waals surface area contributed by atoms with Gasteiger partial charge in [-0.1, -0.05) is 5.16 Å². The summed E-state index contributed by atoms with van der Waals surface area (Å²) < 4.78 is 36.7. The maximum Gasteiger partial charge on any atom is 0.269 e. The Labute approximate surface area is 147 Å². The van der Waals surface area contributed by atoms with E-state index in [1.165, 1.54) is 22.7 Å². The molecule has 1 saturated heterocycles. The highest BCUT2D eigenvalue weighted by Gasteiger charge is 2.40. The van der Waals surface area contributed by atoms with Crippen molar-refractivity contribution in [1.82, 2.24) is 14.4 Å². The minimum atomic E-state index is -3.72. The molecular formula is C15H12N4O6S. The molecule has 0 N–H and O–H groups in total. The van der Waals surface area contributed by atoms with E-state index < -0.39 is 14.9 Å². The smallest absolute Gasteiger partial charge is 0.269 e. The van der Waals surface area contributed by atoms with Crippen molar-refractivity contribution in [1.29, 1.82) is 0 Å². The molecule has 0 bridgehead atoms. The van der Waals surface area contributed by atoms with Gasteiger partial charge in [0.1, 0.15) is 0 Å². The molecule has 0 radical (unpaired) electrons. The molecule has 1 fully saturated rings. The van der Waals surface area contributed by atoms with E-state index in [1.807, 2.05) is 0 Å². The first kappa shape index (κ1) is 16.4. The lowest BCUT2D eigenvalue weighted by Gasteiger charge is -2.35. The van der Waals surface area contributed by atoms with Crippen LogP contribution >= 0.6 is 0 Å². The van der Waals surface area contributed by atoms with Gasteiger partial charge >= 0.3 is 0 Å². The summed E-state index contributed by atoms with van der Waals surface area (Å²) in [6.45, 7) is 0.387. The Bertz CT molecular complexity index is 1040. The summed E-state index contributed by atoms with van der Waals surface area (Å²) in [6.07, 6.45) is 1.49. The zero-order valence-corrected chi connectivity index (χ0v) is 14.0. The number of hydrogen-bond acceptors (Lipinski definition) is 8. The van der Waals surface area contributed by atoms with Gasteiger partial charge in [-0.3, -0.25) is 10.1 Å². The van der Waals surface area contributed by atoms with Gasteiger partial charge in [0.25, 0.3) is 5.69 Å².